The van der Waals surface area contributed by atoms with Crippen LogP contribution >= 0.6 is 0 Å². The summed E-state index contributed by atoms with van der Waals surface area (Å²) in [5.41, 5.74) is 0.900. The lowest BCUT2D eigenvalue weighted by molar-refractivity contribution is 0.0766. The number of aliphatic hydroxyl groups is 1. The first-order valence-corrected chi connectivity index (χ1v) is 7.10. The van der Waals surface area contributed by atoms with Gasteiger partial charge in [0.15, 0.2) is 5.78 Å². The number of nitrogens with zero attached hydrogens (tertiary/aromatic N) is 1. The highest BCUT2D eigenvalue weighted by Crippen LogP contribution is 2.15. The van der Waals surface area contributed by atoms with Crippen LogP contribution in [-0.2, 0) is 0 Å². The van der Waals surface area contributed by atoms with Gasteiger partial charge in [-0.1, -0.05) is 18.2 Å². The van der Waals surface area contributed by atoms with Crippen LogP contribution in [0.25, 0.3) is 0 Å². The Kier molecular flexibility index (Phi) is 6.39. The van der Waals surface area contributed by atoms with Gasteiger partial charge < -0.3 is 10.0 Å². The Labute approximate surface area is 120 Å². The van der Waals surface area contributed by atoms with Crippen LogP contribution in [0.15, 0.2) is 24.3 Å². The minimum absolute atomic E-state index is 0.0954. The number of hydrogen-bond donors (Lipinski definition) is 1. The van der Waals surface area contributed by atoms with E-state index >= 15 is 0 Å². The zero-order valence-electron chi connectivity index (χ0n) is 12.4. The third kappa shape index (κ3) is 4.17. The molecule has 1 aromatic carbocycles. The van der Waals surface area contributed by atoms with Crippen molar-refractivity contribution in [3.05, 3.63) is 35.4 Å². The molecule has 4 nitrogen and oxygen atoms in total. The molecule has 0 aliphatic carbocycles. The highest BCUT2D eigenvalue weighted by Gasteiger charge is 2.19. The second-order valence-electron chi connectivity index (χ2n) is 4.83. The largest absolute Gasteiger partial charge is 0.393 e. The highest BCUT2D eigenvalue weighted by molar-refractivity contribution is 6.08. The topological polar surface area (TPSA) is 57.6 Å². The first-order valence-electron chi connectivity index (χ1n) is 7.10. The van der Waals surface area contributed by atoms with Crippen molar-refractivity contribution in [3.8, 4) is 0 Å². The summed E-state index contributed by atoms with van der Waals surface area (Å²) in [6.07, 6.45) is 0.150. The summed E-state index contributed by atoms with van der Waals surface area (Å²) in [6.45, 7) is 6.72. The zero-order valence-corrected chi connectivity index (χ0v) is 12.4. The van der Waals surface area contributed by atoms with E-state index in [0.717, 1.165) is 0 Å². The molecule has 1 rings (SSSR count). The minimum Gasteiger partial charge on any atom is -0.393 e. The Bertz CT molecular complexity index is 465. The summed E-state index contributed by atoms with van der Waals surface area (Å²) in [5, 5.41) is 9.26. The third-order valence-electron chi connectivity index (χ3n) is 3.30. The summed E-state index contributed by atoms with van der Waals surface area (Å²) >= 11 is 0. The maximum atomic E-state index is 12.4. The van der Waals surface area contributed by atoms with E-state index in [1.807, 2.05) is 13.8 Å². The van der Waals surface area contributed by atoms with Crippen molar-refractivity contribution < 1.29 is 14.7 Å². The smallest absolute Gasteiger partial charge is 0.254 e. The lowest BCUT2D eigenvalue weighted by Crippen LogP contribution is -2.31. The van der Waals surface area contributed by atoms with Crippen LogP contribution in [-0.4, -0.2) is 40.9 Å². The molecule has 1 aromatic rings. The van der Waals surface area contributed by atoms with E-state index in [1.54, 1.807) is 36.1 Å². The number of hydrogen-bond acceptors (Lipinski definition) is 3. The van der Waals surface area contributed by atoms with Gasteiger partial charge in [0.2, 0.25) is 0 Å². The predicted octanol–water partition coefficient (Wildman–Crippen LogP) is 2.51. The average Bonchev–Trinajstić information content (AvgIpc) is 2.45. The van der Waals surface area contributed by atoms with Gasteiger partial charge in [-0.15, -0.1) is 0 Å². The van der Waals surface area contributed by atoms with E-state index < -0.39 is 6.10 Å². The van der Waals surface area contributed by atoms with Crippen molar-refractivity contribution in [1.29, 1.82) is 0 Å². The Morgan fingerprint density at radius 2 is 1.70 bits per heavy atom. The van der Waals surface area contributed by atoms with Gasteiger partial charge in [-0.05, 0) is 33.3 Å². The van der Waals surface area contributed by atoms with Gasteiger partial charge in [0.05, 0.1) is 11.7 Å². The van der Waals surface area contributed by atoms with Crippen LogP contribution in [0.2, 0.25) is 0 Å². The Morgan fingerprint density at radius 1 is 1.15 bits per heavy atom. The van der Waals surface area contributed by atoms with Gasteiger partial charge in [-0.2, -0.15) is 0 Å². The fourth-order valence-corrected chi connectivity index (χ4v) is 2.07. The van der Waals surface area contributed by atoms with E-state index in [2.05, 4.69) is 0 Å². The van der Waals surface area contributed by atoms with E-state index in [9.17, 15) is 14.7 Å². The Morgan fingerprint density at radius 3 is 2.20 bits per heavy atom. The van der Waals surface area contributed by atoms with Crippen molar-refractivity contribution in [2.24, 2.45) is 0 Å². The summed E-state index contributed by atoms with van der Waals surface area (Å²) in [6, 6.07) is 6.90. The fourth-order valence-electron chi connectivity index (χ4n) is 2.07. The van der Waals surface area contributed by atoms with E-state index in [1.165, 1.54) is 0 Å². The van der Waals surface area contributed by atoms with Crippen molar-refractivity contribution in [3.63, 3.8) is 0 Å². The molecule has 1 unspecified atom stereocenters. The molecule has 110 valence electrons. The number of rotatable bonds is 7. The first kappa shape index (κ1) is 16.4. The Balaban J connectivity index is 2.98. The maximum Gasteiger partial charge on any atom is 0.254 e. The normalized spacial score (nSPS) is 12.0. The number of ketones is 1. The van der Waals surface area contributed by atoms with Crippen LogP contribution in [0.5, 0.6) is 0 Å². The summed E-state index contributed by atoms with van der Waals surface area (Å²) in [4.78, 5) is 26.3. The predicted molar refractivity (Wildman–Crippen MR) is 78.9 cm³/mol. The molecule has 0 saturated heterocycles. The number of benzene rings is 1. The molecule has 1 atom stereocenters. The summed E-state index contributed by atoms with van der Waals surface area (Å²) < 4.78 is 0. The average molecular weight is 277 g/mol. The molecular weight excluding hydrogens is 254 g/mol. The van der Waals surface area contributed by atoms with Gasteiger partial charge in [-0.3, -0.25) is 9.59 Å². The molecule has 0 radical (unpaired) electrons. The van der Waals surface area contributed by atoms with Crippen molar-refractivity contribution >= 4 is 11.7 Å². The van der Waals surface area contributed by atoms with Crippen molar-refractivity contribution in [2.45, 2.75) is 39.7 Å². The number of carbonyl (C=O) groups excluding carboxylic acids is 2. The van der Waals surface area contributed by atoms with E-state index in [-0.39, 0.29) is 18.1 Å². The molecule has 0 spiro atoms. The van der Waals surface area contributed by atoms with E-state index in [4.69, 9.17) is 0 Å². The second-order valence-corrected chi connectivity index (χ2v) is 4.83. The molecule has 0 bridgehead atoms. The van der Waals surface area contributed by atoms with Crippen LogP contribution in [0.1, 0.15) is 54.3 Å². The lowest BCUT2D eigenvalue weighted by atomic mass is 9.98. The molecule has 20 heavy (non-hydrogen) atoms. The van der Waals surface area contributed by atoms with Crippen molar-refractivity contribution in [1.82, 2.24) is 4.90 Å². The molecular formula is C16H23NO3. The summed E-state index contributed by atoms with van der Waals surface area (Å²) in [5.74, 6) is -0.210. The molecule has 0 aliphatic heterocycles. The first-order chi connectivity index (χ1) is 9.51. The van der Waals surface area contributed by atoms with Gasteiger partial charge in [-0.25, -0.2) is 0 Å². The van der Waals surface area contributed by atoms with Crippen LogP contribution < -0.4 is 0 Å². The maximum absolute atomic E-state index is 12.4. The highest BCUT2D eigenvalue weighted by atomic mass is 16.3. The van der Waals surface area contributed by atoms with Gasteiger partial charge >= 0.3 is 0 Å². The van der Waals surface area contributed by atoms with E-state index in [0.29, 0.717) is 30.6 Å². The fraction of sp³-hybridized carbons (Fsp3) is 0.500. The molecule has 1 N–H and O–H groups in total. The Hall–Kier alpha value is -1.68. The van der Waals surface area contributed by atoms with Crippen molar-refractivity contribution in [2.75, 3.05) is 13.1 Å². The summed E-state index contributed by atoms with van der Waals surface area (Å²) in [7, 11) is 0. The van der Waals surface area contributed by atoms with Crippen LogP contribution in [0.4, 0.5) is 0 Å². The second kappa shape index (κ2) is 7.80. The molecule has 0 aromatic heterocycles. The number of amides is 1. The molecule has 0 aliphatic rings. The molecule has 0 saturated carbocycles. The quantitative estimate of drug-likeness (QED) is 0.779. The van der Waals surface area contributed by atoms with Crippen LogP contribution in [0.3, 0.4) is 0 Å². The number of Topliss-reactive ketones (excluding diaryl/α,β-unsaturated/α-hetero) is 1. The van der Waals surface area contributed by atoms with Gasteiger partial charge in [0.25, 0.3) is 5.91 Å². The SMILES string of the molecule is CCN(CC)C(=O)c1ccccc1C(=O)CCC(C)O. The van der Waals surface area contributed by atoms with Gasteiger partial charge in [0, 0.05) is 25.1 Å². The molecule has 4 heteroatoms. The minimum atomic E-state index is -0.510. The molecule has 1 amide bonds. The third-order valence-corrected chi connectivity index (χ3v) is 3.30. The number of aliphatic hydroxyl groups excluding tert-OH is 1. The number of carbonyl (C=O) groups is 2. The standard InChI is InChI=1S/C16H23NO3/c1-4-17(5-2)16(20)14-9-7-6-8-13(14)15(19)11-10-12(3)18/h6-9,12,18H,4-5,10-11H2,1-3H3. The zero-order chi connectivity index (χ0) is 15.1. The molecule has 0 heterocycles. The monoisotopic (exact) mass is 277 g/mol. The molecule has 0 fully saturated rings. The van der Waals surface area contributed by atoms with Crippen LogP contribution in [0, 0.1) is 0 Å². The lowest BCUT2D eigenvalue weighted by Gasteiger charge is -2.20. The van der Waals surface area contributed by atoms with Gasteiger partial charge in [0.1, 0.15) is 0 Å².